The summed E-state index contributed by atoms with van der Waals surface area (Å²) < 4.78 is 24.7. The summed E-state index contributed by atoms with van der Waals surface area (Å²) in [6.45, 7) is 0. The minimum Gasteiger partial charge on any atom is -0.399 e. The largest absolute Gasteiger partial charge is 0.399 e. The van der Waals surface area contributed by atoms with Crippen LogP contribution in [0.15, 0.2) is 58.3 Å². The second kappa shape index (κ2) is 4.70. The van der Waals surface area contributed by atoms with Crippen LogP contribution in [0.3, 0.4) is 0 Å². The Balaban J connectivity index is 2.50. The monoisotopic (exact) mass is 262 g/mol. The summed E-state index contributed by atoms with van der Waals surface area (Å²) in [5.74, 6) is 0. The minimum atomic E-state index is -3.48. The summed E-state index contributed by atoms with van der Waals surface area (Å²) in [6.07, 6.45) is 0. The van der Waals surface area contributed by atoms with Gasteiger partial charge in [-0.05, 0) is 42.5 Å². The Labute approximate surface area is 106 Å². The molecular formula is C13H14N2O2S. The molecule has 0 spiro atoms. The van der Waals surface area contributed by atoms with Crippen molar-refractivity contribution >= 4 is 21.2 Å². The van der Waals surface area contributed by atoms with Gasteiger partial charge < -0.3 is 11.1 Å². The van der Waals surface area contributed by atoms with Crippen LogP contribution in [0.5, 0.6) is 0 Å². The van der Waals surface area contributed by atoms with Crippen molar-refractivity contribution in [1.29, 1.82) is 0 Å². The molecule has 0 atom stereocenters. The number of anilines is 2. The second-order valence-corrected chi connectivity index (χ2v) is 5.80. The predicted molar refractivity (Wildman–Crippen MR) is 72.3 cm³/mol. The molecule has 2 aromatic rings. The highest BCUT2D eigenvalue weighted by Gasteiger charge is 2.17. The number of benzene rings is 2. The third-order valence-electron chi connectivity index (χ3n) is 2.62. The quantitative estimate of drug-likeness (QED) is 0.831. The molecule has 0 amide bonds. The van der Waals surface area contributed by atoms with Gasteiger partial charge in [0.2, 0.25) is 9.84 Å². The first-order valence-corrected chi connectivity index (χ1v) is 6.91. The van der Waals surface area contributed by atoms with Gasteiger partial charge in [0.25, 0.3) is 0 Å². The zero-order valence-electron chi connectivity index (χ0n) is 9.92. The van der Waals surface area contributed by atoms with Gasteiger partial charge in [-0.2, -0.15) is 0 Å². The van der Waals surface area contributed by atoms with E-state index < -0.39 is 9.84 Å². The standard InChI is InChI=1S/C13H14N2O2S/c1-15-11-3-2-4-13(9-11)18(16,17)12-7-5-10(14)6-8-12/h2-9,15H,14H2,1H3. The Morgan fingerprint density at radius 3 is 2.28 bits per heavy atom. The highest BCUT2D eigenvalue weighted by atomic mass is 32.2. The van der Waals surface area contributed by atoms with E-state index in [1.54, 1.807) is 37.4 Å². The van der Waals surface area contributed by atoms with Gasteiger partial charge in [-0.1, -0.05) is 6.07 Å². The van der Waals surface area contributed by atoms with Crippen molar-refractivity contribution in [3.63, 3.8) is 0 Å². The SMILES string of the molecule is CNc1cccc(S(=O)(=O)c2ccc(N)cc2)c1. The fourth-order valence-electron chi connectivity index (χ4n) is 1.60. The number of hydrogen-bond donors (Lipinski definition) is 2. The molecule has 0 aliphatic heterocycles. The van der Waals surface area contributed by atoms with Gasteiger partial charge >= 0.3 is 0 Å². The van der Waals surface area contributed by atoms with Crippen LogP contribution in [0.25, 0.3) is 0 Å². The summed E-state index contributed by atoms with van der Waals surface area (Å²) >= 11 is 0. The van der Waals surface area contributed by atoms with Gasteiger partial charge in [0.15, 0.2) is 0 Å². The Kier molecular flexibility index (Phi) is 3.25. The number of rotatable bonds is 3. The molecule has 0 aromatic heterocycles. The van der Waals surface area contributed by atoms with Crippen molar-refractivity contribution in [3.05, 3.63) is 48.5 Å². The Morgan fingerprint density at radius 2 is 1.67 bits per heavy atom. The van der Waals surface area contributed by atoms with E-state index in [-0.39, 0.29) is 9.79 Å². The molecule has 2 rings (SSSR count). The maximum Gasteiger partial charge on any atom is 0.206 e. The van der Waals surface area contributed by atoms with E-state index in [0.717, 1.165) is 5.69 Å². The molecule has 94 valence electrons. The third-order valence-corrected chi connectivity index (χ3v) is 4.39. The van der Waals surface area contributed by atoms with E-state index in [9.17, 15) is 8.42 Å². The lowest BCUT2D eigenvalue weighted by Gasteiger charge is -2.07. The van der Waals surface area contributed by atoms with E-state index in [0.29, 0.717) is 5.69 Å². The van der Waals surface area contributed by atoms with E-state index in [4.69, 9.17) is 5.73 Å². The molecule has 18 heavy (non-hydrogen) atoms. The first-order chi connectivity index (χ1) is 8.54. The average molecular weight is 262 g/mol. The van der Waals surface area contributed by atoms with Gasteiger partial charge in [-0.15, -0.1) is 0 Å². The van der Waals surface area contributed by atoms with Crippen LogP contribution < -0.4 is 11.1 Å². The normalized spacial score (nSPS) is 11.2. The summed E-state index contributed by atoms with van der Waals surface area (Å²) in [6, 6.07) is 12.9. The highest BCUT2D eigenvalue weighted by molar-refractivity contribution is 7.91. The molecule has 0 aliphatic rings. The molecule has 0 saturated heterocycles. The molecule has 0 aliphatic carbocycles. The van der Waals surface area contributed by atoms with Crippen molar-refractivity contribution < 1.29 is 8.42 Å². The lowest BCUT2D eigenvalue weighted by atomic mass is 10.3. The third kappa shape index (κ3) is 2.31. The molecule has 3 N–H and O–H groups in total. The summed E-state index contributed by atoms with van der Waals surface area (Å²) in [7, 11) is -1.74. The smallest absolute Gasteiger partial charge is 0.206 e. The van der Waals surface area contributed by atoms with E-state index in [1.165, 1.54) is 12.1 Å². The van der Waals surface area contributed by atoms with Gasteiger partial charge in [0, 0.05) is 18.4 Å². The maximum absolute atomic E-state index is 12.3. The lowest BCUT2D eigenvalue weighted by Crippen LogP contribution is -2.03. The van der Waals surface area contributed by atoms with E-state index in [1.807, 2.05) is 6.07 Å². The first kappa shape index (κ1) is 12.4. The molecular weight excluding hydrogens is 248 g/mol. The molecule has 0 radical (unpaired) electrons. The number of hydrogen-bond acceptors (Lipinski definition) is 4. The van der Waals surface area contributed by atoms with Crippen molar-refractivity contribution in [1.82, 2.24) is 0 Å². The van der Waals surface area contributed by atoms with Crippen molar-refractivity contribution in [2.45, 2.75) is 9.79 Å². The molecule has 0 bridgehead atoms. The number of nitrogens with one attached hydrogen (secondary N) is 1. The van der Waals surface area contributed by atoms with Crippen molar-refractivity contribution in [3.8, 4) is 0 Å². The Hall–Kier alpha value is -2.01. The van der Waals surface area contributed by atoms with Crippen LogP contribution in [0.1, 0.15) is 0 Å². The van der Waals surface area contributed by atoms with Crippen LogP contribution in [0, 0.1) is 0 Å². The molecule has 0 unspecified atom stereocenters. The fourth-order valence-corrected chi connectivity index (χ4v) is 2.91. The Morgan fingerprint density at radius 1 is 1.00 bits per heavy atom. The van der Waals surface area contributed by atoms with Gasteiger partial charge in [0.05, 0.1) is 9.79 Å². The van der Waals surface area contributed by atoms with Gasteiger partial charge in [-0.25, -0.2) is 8.42 Å². The van der Waals surface area contributed by atoms with Crippen LogP contribution in [0.2, 0.25) is 0 Å². The number of nitrogens with two attached hydrogens (primary N) is 1. The minimum absolute atomic E-state index is 0.241. The molecule has 4 nitrogen and oxygen atoms in total. The topological polar surface area (TPSA) is 72.2 Å². The van der Waals surface area contributed by atoms with Crippen molar-refractivity contribution in [2.75, 3.05) is 18.1 Å². The summed E-state index contributed by atoms with van der Waals surface area (Å²) in [5.41, 5.74) is 6.85. The van der Waals surface area contributed by atoms with E-state index >= 15 is 0 Å². The first-order valence-electron chi connectivity index (χ1n) is 5.42. The Bertz CT molecular complexity index is 649. The lowest BCUT2D eigenvalue weighted by molar-refractivity contribution is 0.596. The number of sulfone groups is 1. The predicted octanol–water partition coefficient (Wildman–Crippen LogP) is 2.14. The summed E-state index contributed by atoms with van der Waals surface area (Å²) in [4.78, 5) is 0.504. The van der Waals surface area contributed by atoms with Crippen LogP contribution in [-0.4, -0.2) is 15.5 Å². The fraction of sp³-hybridized carbons (Fsp3) is 0.0769. The molecule has 0 heterocycles. The van der Waals surface area contributed by atoms with Crippen molar-refractivity contribution in [2.24, 2.45) is 0 Å². The van der Waals surface area contributed by atoms with Crippen LogP contribution in [-0.2, 0) is 9.84 Å². The second-order valence-electron chi connectivity index (χ2n) is 3.85. The molecule has 2 aromatic carbocycles. The molecule has 5 heteroatoms. The molecule has 0 saturated carbocycles. The number of nitrogen functional groups attached to an aromatic ring is 1. The average Bonchev–Trinajstić information content (AvgIpc) is 2.39. The zero-order valence-corrected chi connectivity index (χ0v) is 10.7. The van der Waals surface area contributed by atoms with Gasteiger partial charge in [0.1, 0.15) is 0 Å². The van der Waals surface area contributed by atoms with E-state index in [2.05, 4.69) is 5.32 Å². The van der Waals surface area contributed by atoms with Gasteiger partial charge in [-0.3, -0.25) is 0 Å². The van der Waals surface area contributed by atoms with Crippen LogP contribution in [0.4, 0.5) is 11.4 Å². The zero-order chi connectivity index (χ0) is 13.2. The summed E-state index contributed by atoms with van der Waals surface area (Å²) in [5, 5.41) is 2.92. The highest BCUT2D eigenvalue weighted by Crippen LogP contribution is 2.23. The maximum atomic E-state index is 12.3. The molecule has 0 fully saturated rings. The van der Waals surface area contributed by atoms with Crippen LogP contribution >= 0.6 is 0 Å².